The third kappa shape index (κ3) is 2.69. The van der Waals surface area contributed by atoms with Crippen LogP contribution in [0.1, 0.15) is 50.9 Å². The minimum Gasteiger partial charge on any atom is -0.348 e. The molecule has 1 unspecified atom stereocenters. The van der Waals surface area contributed by atoms with Gasteiger partial charge in [0, 0.05) is 6.20 Å². The van der Waals surface area contributed by atoms with E-state index < -0.39 is 11.8 Å². The van der Waals surface area contributed by atoms with Crippen molar-refractivity contribution in [2.75, 3.05) is 6.54 Å². The second kappa shape index (κ2) is 6.12. The van der Waals surface area contributed by atoms with Crippen molar-refractivity contribution in [3.63, 3.8) is 0 Å². The Kier molecular flexibility index (Phi) is 3.80. The molecule has 6 nitrogen and oxygen atoms in total. The monoisotopic (exact) mass is 335 g/mol. The number of fused-ring (bicyclic) bond motifs is 2. The molecule has 2 heterocycles. The number of amides is 3. The molecule has 0 radical (unpaired) electrons. The zero-order valence-corrected chi connectivity index (χ0v) is 13.6. The van der Waals surface area contributed by atoms with Gasteiger partial charge in [0.2, 0.25) is 5.91 Å². The molecule has 126 valence electrons. The van der Waals surface area contributed by atoms with Crippen LogP contribution in [0.3, 0.4) is 0 Å². The van der Waals surface area contributed by atoms with Gasteiger partial charge in [0.1, 0.15) is 12.2 Å². The van der Waals surface area contributed by atoms with Crippen molar-refractivity contribution in [3.8, 4) is 0 Å². The van der Waals surface area contributed by atoms with Crippen LogP contribution in [0.25, 0.3) is 0 Å². The lowest BCUT2D eigenvalue weighted by Crippen LogP contribution is -2.42. The highest BCUT2D eigenvalue weighted by Gasteiger charge is 2.38. The number of imide groups is 1. The van der Waals surface area contributed by atoms with Gasteiger partial charge in [-0.15, -0.1) is 0 Å². The van der Waals surface area contributed by atoms with Crippen LogP contribution in [0, 0.1) is 0 Å². The molecule has 25 heavy (non-hydrogen) atoms. The third-order valence-electron chi connectivity index (χ3n) is 4.74. The number of nitrogens with one attached hydrogen (secondary N) is 1. The van der Waals surface area contributed by atoms with Gasteiger partial charge in [-0.05, 0) is 42.5 Å². The van der Waals surface area contributed by atoms with Gasteiger partial charge in [-0.25, -0.2) is 0 Å². The van der Waals surface area contributed by atoms with Gasteiger partial charge in [0.25, 0.3) is 11.8 Å². The lowest BCUT2D eigenvalue weighted by Gasteiger charge is -2.27. The number of carbonyl (C=O) groups excluding carboxylic acids is 3. The number of aryl methyl sites for hydroxylation is 1. The first-order valence-electron chi connectivity index (χ1n) is 8.33. The molecule has 0 saturated carbocycles. The summed E-state index contributed by atoms with van der Waals surface area (Å²) >= 11 is 0. The highest BCUT2D eigenvalue weighted by molar-refractivity contribution is 6.21. The van der Waals surface area contributed by atoms with E-state index in [1.165, 1.54) is 11.8 Å². The number of hydrogen-bond acceptors (Lipinski definition) is 4. The maximum atomic E-state index is 12.4. The second-order valence-corrected chi connectivity index (χ2v) is 6.31. The molecule has 1 N–H and O–H groups in total. The summed E-state index contributed by atoms with van der Waals surface area (Å²) in [6, 6.07) is 11.1. The fourth-order valence-electron chi connectivity index (χ4n) is 3.54. The van der Waals surface area contributed by atoms with Crippen LogP contribution in [-0.2, 0) is 11.2 Å². The Labute approximate surface area is 144 Å². The minimum absolute atomic E-state index is 0.0780. The molecule has 1 atom stereocenters. The Balaban J connectivity index is 1.48. The average Bonchev–Trinajstić information content (AvgIpc) is 2.87. The van der Waals surface area contributed by atoms with Crippen LogP contribution < -0.4 is 5.32 Å². The van der Waals surface area contributed by atoms with Gasteiger partial charge in [-0.3, -0.25) is 24.3 Å². The lowest BCUT2D eigenvalue weighted by molar-refractivity contribution is -0.122. The van der Waals surface area contributed by atoms with Gasteiger partial charge in [-0.2, -0.15) is 0 Å². The van der Waals surface area contributed by atoms with E-state index in [0.29, 0.717) is 0 Å². The van der Waals surface area contributed by atoms with E-state index in [0.717, 1.165) is 29.7 Å². The predicted molar refractivity (Wildman–Crippen MR) is 89.9 cm³/mol. The number of carbonyl (C=O) groups is 3. The zero-order valence-electron chi connectivity index (χ0n) is 13.6. The van der Waals surface area contributed by atoms with Gasteiger partial charge >= 0.3 is 0 Å². The van der Waals surface area contributed by atoms with Gasteiger partial charge in [0.05, 0.1) is 11.6 Å². The molecule has 4 rings (SSSR count). The molecule has 0 fully saturated rings. The van der Waals surface area contributed by atoms with Crippen molar-refractivity contribution >= 4 is 17.7 Å². The summed E-state index contributed by atoms with van der Waals surface area (Å²) in [5.41, 5.74) is 2.72. The topological polar surface area (TPSA) is 79.4 Å². The van der Waals surface area contributed by atoms with E-state index in [-0.39, 0.29) is 29.8 Å². The molecule has 0 spiro atoms. The highest BCUT2D eigenvalue weighted by atomic mass is 16.2. The minimum atomic E-state index is -0.514. The smallest absolute Gasteiger partial charge is 0.280 e. The first-order chi connectivity index (χ1) is 12.1. The normalized spacial score (nSPS) is 18.7. The standard InChI is InChI=1S/C19H17N3O3/c23-16(21-15-9-3-6-12-5-1-2-7-13(12)15)11-22-18(24)14-8-4-10-20-17(14)19(22)25/h1-2,4-5,7-8,10,15H,3,6,9,11H2,(H,21,23). The zero-order chi connectivity index (χ0) is 17.4. The lowest BCUT2D eigenvalue weighted by atomic mass is 9.88. The van der Waals surface area contributed by atoms with E-state index in [2.05, 4.69) is 16.4 Å². The maximum Gasteiger partial charge on any atom is 0.280 e. The molecule has 2 aliphatic rings. The summed E-state index contributed by atoms with van der Waals surface area (Å²) in [5, 5.41) is 2.96. The van der Waals surface area contributed by atoms with Crippen molar-refractivity contribution in [1.29, 1.82) is 0 Å². The first-order valence-corrected chi connectivity index (χ1v) is 8.33. The fraction of sp³-hybridized carbons (Fsp3) is 0.263. The summed E-state index contributed by atoms with van der Waals surface area (Å²) in [4.78, 5) is 42.0. The number of rotatable bonds is 3. The van der Waals surface area contributed by atoms with Crippen LogP contribution >= 0.6 is 0 Å². The molecule has 1 aromatic heterocycles. The molecule has 1 aliphatic heterocycles. The molecule has 2 aromatic rings. The van der Waals surface area contributed by atoms with Crippen molar-refractivity contribution in [3.05, 3.63) is 65.0 Å². The predicted octanol–water partition coefficient (Wildman–Crippen LogP) is 1.87. The van der Waals surface area contributed by atoms with Crippen molar-refractivity contribution in [2.24, 2.45) is 0 Å². The third-order valence-corrected chi connectivity index (χ3v) is 4.74. The number of aromatic nitrogens is 1. The molecular formula is C19H17N3O3. The van der Waals surface area contributed by atoms with E-state index in [1.807, 2.05) is 18.2 Å². The molecule has 6 heteroatoms. The van der Waals surface area contributed by atoms with Crippen LogP contribution in [0.2, 0.25) is 0 Å². The van der Waals surface area contributed by atoms with Crippen LogP contribution in [0.4, 0.5) is 0 Å². The van der Waals surface area contributed by atoms with Crippen molar-refractivity contribution < 1.29 is 14.4 Å². The Morgan fingerprint density at radius 2 is 2.00 bits per heavy atom. The molecule has 0 bridgehead atoms. The van der Waals surface area contributed by atoms with Crippen LogP contribution in [0.15, 0.2) is 42.6 Å². The van der Waals surface area contributed by atoms with E-state index >= 15 is 0 Å². The van der Waals surface area contributed by atoms with Crippen molar-refractivity contribution in [1.82, 2.24) is 15.2 Å². The number of nitrogens with zero attached hydrogens (tertiary/aromatic N) is 2. The van der Waals surface area contributed by atoms with E-state index in [4.69, 9.17) is 0 Å². The SMILES string of the molecule is O=C(CN1C(=O)c2cccnc2C1=O)NC1CCCc2ccccc21. The number of benzene rings is 1. The summed E-state index contributed by atoms with van der Waals surface area (Å²) in [6.07, 6.45) is 4.32. The maximum absolute atomic E-state index is 12.4. The Bertz CT molecular complexity index is 843. The van der Waals surface area contributed by atoms with Gasteiger partial charge < -0.3 is 5.32 Å². The number of pyridine rings is 1. The first kappa shape index (κ1) is 15.5. The van der Waals surface area contributed by atoms with Crippen LogP contribution in [0.5, 0.6) is 0 Å². The largest absolute Gasteiger partial charge is 0.348 e. The van der Waals surface area contributed by atoms with Gasteiger partial charge in [0.15, 0.2) is 0 Å². The second-order valence-electron chi connectivity index (χ2n) is 6.31. The summed E-state index contributed by atoms with van der Waals surface area (Å²) in [6.45, 7) is -0.285. The van der Waals surface area contributed by atoms with Crippen molar-refractivity contribution in [2.45, 2.75) is 25.3 Å². The molecule has 0 saturated heterocycles. The Hall–Kier alpha value is -3.02. The quantitative estimate of drug-likeness (QED) is 0.869. The molecular weight excluding hydrogens is 318 g/mol. The van der Waals surface area contributed by atoms with Gasteiger partial charge in [-0.1, -0.05) is 24.3 Å². The van der Waals surface area contributed by atoms with E-state index in [9.17, 15) is 14.4 Å². The molecule has 1 aromatic carbocycles. The summed E-state index contributed by atoms with van der Waals surface area (Å²) in [5.74, 6) is -1.32. The Morgan fingerprint density at radius 3 is 2.84 bits per heavy atom. The fourth-order valence-corrected chi connectivity index (χ4v) is 3.54. The summed E-state index contributed by atoms with van der Waals surface area (Å²) < 4.78 is 0. The van der Waals surface area contributed by atoms with E-state index in [1.54, 1.807) is 12.1 Å². The average molecular weight is 335 g/mol. The van der Waals surface area contributed by atoms with Crippen LogP contribution in [-0.4, -0.2) is 34.2 Å². The number of hydrogen-bond donors (Lipinski definition) is 1. The summed E-state index contributed by atoms with van der Waals surface area (Å²) in [7, 11) is 0. The molecule has 3 amide bonds. The Morgan fingerprint density at radius 1 is 1.16 bits per heavy atom. The highest BCUT2D eigenvalue weighted by Crippen LogP contribution is 2.29. The molecule has 1 aliphatic carbocycles.